The maximum absolute atomic E-state index is 6.20. The van der Waals surface area contributed by atoms with Crippen molar-refractivity contribution in [1.82, 2.24) is 5.32 Å². The molecule has 15 heavy (non-hydrogen) atoms. The normalized spacial score (nSPS) is 17.7. The lowest BCUT2D eigenvalue weighted by Crippen LogP contribution is -2.24. The van der Waals surface area contributed by atoms with Gasteiger partial charge in [-0.3, -0.25) is 0 Å². The third-order valence-corrected chi connectivity index (χ3v) is 3.69. The SMILES string of the molecule is ClC(CNCc1cccc(Br)c1)C1CC1. The second-order valence-corrected chi connectivity index (χ2v) is 5.59. The summed E-state index contributed by atoms with van der Waals surface area (Å²) in [4.78, 5) is 0. The van der Waals surface area contributed by atoms with Crippen LogP contribution in [0.4, 0.5) is 0 Å². The van der Waals surface area contributed by atoms with Crippen LogP contribution < -0.4 is 5.32 Å². The Morgan fingerprint density at radius 2 is 2.27 bits per heavy atom. The zero-order chi connectivity index (χ0) is 10.7. The molecule has 1 aliphatic rings. The first kappa shape index (κ1) is 11.4. The lowest BCUT2D eigenvalue weighted by molar-refractivity contribution is 0.620. The van der Waals surface area contributed by atoms with Crippen LogP contribution in [-0.4, -0.2) is 11.9 Å². The van der Waals surface area contributed by atoms with E-state index < -0.39 is 0 Å². The molecule has 1 atom stereocenters. The average molecular weight is 289 g/mol. The van der Waals surface area contributed by atoms with E-state index in [1.807, 2.05) is 6.07 Å². The zero-order valence-electron chi connectivity index (χ0n) is 8.55. The van der Waals surface area contributed by atoms with E-state index in [9.17, 15) is 0 Å². The fraction of sp³-hybridized carbons (Fsp3) is 0.500. The van der Waals surface area contributed by atoms with Gasteiger partial charge in [0.05, 0.1) is 0 Å². The van der Waals surface area contributed by atoms with E-state index in [4.69, 9.17) is 11.6 Å². The predicted octanol–water partition coefficient (Wildman–Crippen LogP) is 3.56. The van der Waals surface area contributed by atoms with Crippen LogP contribution in [0.15, 0.2) is 28.7 Å². The van der Waals surface area contributed by atoms with Crippen molar-refractivity contribution in [3.05, 3.63) is 34.3 Å². The minimum absolute atomic E-state index is 0.317. The van der Waals surface area contributed by atoms with Crippen molar-refractivity contribution in [3.63, 3.8) is 0 Å². The number of hydrogen-bond donors (Lipinski definition) is 1. The summed E-state index contributed by atoms with van der Waals surface area (Å²) in [6, 6.07) is 8.35. The summed E-state index contributed by atoms with van der Waals surface area (Å²) < 4.78 is 1.13. The molecule has 0 aliphatic heterocycles. The highest BCUT2D eigenvalue weighted by atomic mass is 79.9. The van der Waals surface area contributed by atoms with E-state index in [1.165, 1.54) is 18.4 Å². The Bertz CT molecular complexity index is 325. The molecule has 1 nitrogen and oxygen atoms in total. The monoisotopic (exact) mass is 287 g/mol. The summed E-state index contributed by atoms with van der Waals surface area (Å²) in [7, 11) is 0. The number of benzene rings is 1. The average Bonchev–Trinajstić information content (AvgIpc) is 3.00. The molecule has 3 heteroatoms. The first-order valence-electron chi connectivity index (χ1n) is 5.35. The second-order valence-electron chi connectivity index (χ2n) is 4.11. The highest BCUT2D eigenvalue weighted by Crippen LogP contribution is 2.35. The molecule has 1 unspecified atom stereocenters. The summed E-state index contributed by atoms with van der Waals surface area (Å²) in [5.74, 6) is 0.765. The molecule has 0 spiro atoms. The lowest BCUT2D eigenvalue weighted by atomic mass is 10.2. The number of nitrogens with one attached hydrogen (secondary N) is 1. The van der Waals surface area contributed by atoms with Crippen molar-refractivity contribution in [2.24, 2.45) is 5.92 Å². The number of alkyl halides is 1. The summed E-state index contributed by atoms with van der Waals surface area (Å²) in [5.41, 5.74) is 1.30. The molecule has 82 valence electrons. The maximum Gasteiger partial charge on any atom is 0.0488 e. The molecule has 0 heterocycles. The van der Waals surface area contributed by atoms with Crippen LogP contribution in [0.1, 0.15) is 18.4 Å². The van der Waals surface area contributed by atoms with Crippen molar-refractivity contribution in [2.75, 3.05) is 6.54 Å². The zero-order valence-corrected chi connectivity index (χ0v) is 10.9. The maximum atomic E-state index is 6.20. The standard InChI is InChI=1S/C12H15BrClN/c13-11-3-1-2-9(6-11)7-15-8-12(14)10-4-5-10/h1-3,6,10,12,15H,4-5,7-8H2. The van der Waals surface area contributed by atoms with Gasteiger partial charge in [0.1, 0.15) is 0 Å². The molecule has 1 saturated carbocycles. The van der Waals surface area contributed by atoms with Crippen molar-refractivity contribution >= 4 is 27.5 Å². The van der Waals surface area contributed by atoms with Crippen molar-refractivity contribution in [3.8, 4) is 0 Å². The van der Waals surface area contributed by atoms with Gasteiger partial charge in [-0.25, -0.2) is 0 Å². The van der Waals surface area contributed by atoms with Crippen LogP contribution in [0.2, 0.25) is 0 Å². The molecule has 0 bridgehead atoms. The summed E-state index contributed by atoms with van der Waals surface area (Å²) in [6.07, 6.45) is 2.62. The Balaban J connectivity index is 1.73. The molecular formula is C12H15BrClN. The van der Waals surface area contributed by atoms with Gasteiger partial charge in [-0.2, -0.15) is 0 Å². The van der Waals surface area contributed by atoms with Gasteiger partial charge >= 0.3 is 0 Å². The Morgan fingerprint density at radius 1 is 1.47 bits per heavy atom. The quantitative estimate of drug-likeness (QED) is 0.817. The van der Waals surface area contributed by atoms with Gasteiger partial charge in [0.15, 0.2) is 0 Å². The van der Waals surface area contributed by atoms with Crippen LogP contribution in [0.3, 0.4) is 0 Å². The molecule has 1 fully saturated rings. The lowest BCUT2D eigenvalue weighted by Gasteiger charge is -2.09. The van der Waals surface area contributed by atoms with Crippen LogP contribution in [-0.2, 0) is 6.54 Å². The largest absolute Gasteiger partial charge is 0.311 e. The summed E-state index contributed by atoms with van der Waals surface area (Å²) in [5, 5.41) is 3.71. The highest BCUT2D eigenvalue weighted by molar-refractivity contribution is 9.10. The molecule has 1 aliphatic carbocycles. The van der Waals surface area contributed by atoms with Crippen LogP contribution in [0.25, 0.3) is 0 Å². The number of hydrogen-bond acceptors (Lipinski definition) is 1. The summed E-state index contributed by atoms with van der Waals surface area (Å²) >= 11 is 9.67. The van der Waals surface area contributed by atoms with E-state index in [0.29, 0.717) is 5.38 Å². The number of rotatable bonds is 5. The Hall–Kier alpha value is -0.0500. The first-order valence-corrected chi connectivity index (χ1v) is 6.58. The van der Waals surface area contributed by atoms with Crippen molar-refractivity contribution in [1.29, 1.82) is 0 Å². The van der Waals surface area contributed by atoms with Gasteiger partial charge in [0, 0.05) is 22.9 Å². The van der Waals surface area contributed by atoms with Crippen molar-refractivity contribution in [2.45, 2.75) is 24.8 Å². The van der Waals surface area contributed by atoms with E-state index in [0.717, 1.165) is 23.5 Å². The van der Waals surface area contributed by atoms with E-state index in [-0.39, 0.29) is 0 Å². The van der Waals surface area contributed by atoms with E-state index in [1.54, 1.807) is 0 Å². The Kier molecular flexibility index (Phi) is 4.06. The van der Waals surface area contributed by atoms with Gasteiger partial charge in [-0.15, -0.1) is 11.6 Å². The molecule has 0 radical (unpaired) electrons. The topological polar surface area (TPSA) is 12.0 Å². The molecule has 1 aromatic carbocycles. The van der Waals surface area contributed by atoms with Gasteiger partial charge in [0.2, 0.25) is 0 Å². The van der Waals surface area contributed by atoms with E-state index in [2.05, 4.69) is 39.4 Å². The molecule has 0 saturated heterocycles. The van der Waals surface area contributed by atoms with E-state index >= 15 is 0 Å². The molecule has 1 aromatic rings. The van der Waals surface area contributed by atoms with Crippen LogP contribution >= 0.6 is 27.5 Å². The third-order valence-electron chi connectivity index (χ3n) is 2.69. The second kappa shape index (κ2) is 5.33. The fourth-order valence-corrected chi connectivity index (χ4v) is 2.43. The van der Waals surface area contributed by atoms with Crippen molar-refractivity contribution < 1.29 is 0 Å². The van der Waals surface area contributed by atoms with Gasteiger partial charge in [-0.1, -0.05) is 28.1 Å². The van der Waals surface area contributed by atoms with Crippen LogP contribution in [0.5, 0.6) is 0 Å². The van der Waals surface area contributed by atoms with Crippen LogP contribution in [0, 0.1) is 5.92 Å². The molecule has 0 aromatic heterocycles. The third kappa shape index (κ3) is 3.78. The number of halogens is 2. The molecular weight excluding hydrogens is 273 g/mol. The van der Waals surface area contributed by atoms with Gasteiger partial charge < -0.3 is 5.32 Å². The highest BCUT2D eigenvalue weighted by Gasteiger charge is 2.28. The predicted molar refractivity (Wildman–Crippen MR) is 68.2 cm³/mol. The van der Waals surface area contributed by atoms with Gasteiger partial charge in [-0.05, 0) is 36.5 Å². The first-order chi connectivity index (χ1) is 7.25. The molecule has 2 rings (SSSR count). The molecule has 1 N–H and O–H groups in total. The minimum atomic E-state index is 0.317. The Morgan fingerprint density at radius 3 is 2.93 bits per heavy atom. The minimum Gasteiger partial charge on any atom is -0.311 e. The fourth-order valence-electron chi connectivity index (χ4n) is 1.63. The Labute approximate surface area is 104 Å². The van der Waals surface area contributed by atoms with Gasteiger partial charge in [0.25, 0.3) is 0 Å². The smallest absolute Gasteiger partial charge is 0.0488 e. The summed E-state index contributed by atoms with van der Waals surface area (Å²) in [6.45, 7) is 1.81. The molecule has 0 amide bonds.